The molecular formula is C64H98O7. The molecule has 7 nitrogen and oxygen atoms in total. The first kappa shape index (κ1) is 52.0. The average Bonchev–Trinajstić information content (AvgIpc) is 3.88. The Kier molecular flexibility index (Phi) is 12.1. The van der Waals surface area contributed by atoms with Gasteiger partial charge in [-0.1, -0.05) is 93.5 Å². The molecule has 0 spiro atoms. The summed E-state index contributed by atoms with van der Waals surface area (Å²) >= 11 is 0. The van der Waals surface area contributed by atoms with Gasteiger partial charge in [-0.05, 0) is 234 Å². The van der Waals surface area contributed by atoms with Gasteiger partial charge in [0.25, 0.3) is 0 Å². The van der Waals surface area contributed by atoms with Crippen LogP contribution in [0.15, 0.2) is 24.3 Å². The Morgan fingerprint density at radius 2 is 0.761 bits per heavy atom. The maximum atomic E-state index is 15.7. The van der Waals surface area contributed by atoms with E-state index >= 15 is 9.59 Å². The van der Waals surface area contributed by atoms with E-state index in [1.165, 1.54) is 11.1 Å². The summed E-state index contributed by atoms with van der Waals surface area (Å²) in [5, 5.41) is 0. The van der Waals surface area contributed by atoms with Crippen molar-refractivity contribution in [3.63, 3.8) is 0 Å². The van der Waals surface area contributed by atoms with Crippen LogP contribution in [0.2, 0.25) is 0 Å². The molecule has 10 aliphatic rings. The summed E-state index contributed by atoms with van der Waals surface area (Å²) in [5.41, 5.74) is 1.42. The first-order valence-electron chi connectivity index (χ1n) is 29.4. The van der Waals surface area contributed by atoms with Crippen LogP contribution < -0.4 is 0 Å². The third kappa shape index (κ3) is 6.74. The van der Waals surface area contributed by atoms with Crippen molar-refractivity contribution in [3.05, 3.63) is 24.3 Å². The fraction of sp³-hybridized carbons (Fsp3) is 0.875. The minimum Gasteiger partial charge on any atom is -0.462 e. The molecule has 0 saturated heterocycles. The van der Waals surface area contributed by atoms with Crippen LogP contribution in [-0.2, 0) is 33.4 Å². The summed E-state index contributed by atoms with van der Waals surface area (Å²) in [5.74, 6) is 2.75. The van der Waals surface area contributed by atoms with E-state index in [9.17, 15) is 9.59 Å². The number of fused-ring (bicyclic) bond motifs is 14. The largest absolute Gasteiger partial charge is 0.462 e. The van der Waals surface area contributed by atoms with Crippen LogP contribution in [-0.4, -0.2) is 36.1 Å². The van der Waals surface area contributed by atoms with E-state index in [-0.39, 0.29) is 103 Å². The van der Waals surface area contributed by atoms with Gasteiger partial charge < -0.3 is 14.2 Å². The monoisotopic (exact) mass is 979 g/mol. The van der Waals surface area contributed by atoms with Crippen molar-refractivity contribution in [1.82, 2.24) is 0 Å². The summed E-state index contributed by atoms with van der Waals surface area (Å²) in [4.78, 5) is 56.0. The van der Waals surface area contributed by atoms with E-state index < -0.39 is 10.8 Å². The molecule has 10 rings (SSSR count). The second kappa shape index (κ2) is 16.5. The smallest absolute Gasteiger partial charge is 0.320 e. The molecule has 396 valence electrons. The van der Waals surface area contributed by atoms with E-state index in [4.69, 9.17) is 14.2 Å². The molecule has 20 atom stereocenters. The van der Waals surface area contributed by atoms with Crippen LogP contribution >= 0.6 is 0 Å². The number of hydrogen-bond acceptors (Lipinski definition) is 7. The lowest BCUT2D eigenvalue weighted by Gasteiger charge is -2.73. The maximum absolute atomic E-state index is 15.7. The topological polar surface area (TPSA) is 96.0 Å². The van der Waals surface area contributed by atoms with Crippen molar-refractivity contribution in [2.24, 2.45) is 113 Å². The molecule has 0 aromatic rings. The number of rotatable bonds is 6. The fourth-order valence-corrected chi connectivity index (χ4v) is 24.1. The second-order valence-electron chi connectivity index (χ2n) is 30.3. The average molecular weight is 979 g/mol. The number of esters is 4. The Morgan fingerprint density at radius 3 is 1.10 bits per heavy atom. The van der Waals surface area contributed by atoms with Gasteiger partial charge in [0.2, 0.25) is 0 Å². The molecule has 0 bridgehead atoms. The van der Waals surface area contributed by atoms with Crippen molar-refractivity contribution in [1.29, 1.82) is 0 Å². The van der Waals surface area contributed by atoms with E-state index in [1.807, 2.05) is 0 Å². The molecule has 0 aliphatic heterocycles. The number of hydrogen-bond donors (Lipinski definition) is 0. The zero-order chi connectivity index (χ0) is 51.7. The van der Waals surface area contributed by atoms with Gasteiger partial charge in [-0.3, -0.25) is 19.2 Å². The maximum Gasteiger partial charge on any atom is 0.320 e. The lowest BCUT2D eigenvalue weighted by Crippen LogP contribution is -2.67. The fourth-order valence-electron chi connectivity index (χ4n) is 24.1. The number of allylic oxidation sites excluding steroid dienone is 2. The summed E-state index contributed by atoms with van der Waals surface area (Å²) in [6.07, 6.45) is 20.0. The molecule has 0 N–H and O–H groups in total. The molecule has 0 radical (unpaired) electrons. The first-order chi connectivity index (χ1) is 33.0. The number of carbonyl (C=O) groups excluding carboxylic acids is 4. The predicted molar refractivity (Wildman–Crippen MR) is 280 cm³/mol. The van der Waals surface area contributed by atoms with Gasteiger partial charge in [-0.15, -0.1) is 0 Å². The van der Waals surface area contributed by atoms with Crippen LogP contribution in [0.25, 0.3) is 0 Å². The van der Waals surface area contributed by atoms with Crippen molar-refractivity contribution < 1.29 is 33.4 Å². The standard InChI is InChI=1S/C64H98O7/c1-37(2)41-21-31-63(35-33-59(13)43(51(41)63)17-19-47-57(11)27-25-49(69-39(5)65)55(7,8)45(57)23-29-61(47,59)15)53(67)71-54(68)64-32-22-42(38(3)4)52(64)44-18-20-48-58(12)28-26-50(70-40(6)66)56(9,10)46(58)24-30-62(48,16)60(44,14)34-36-64/h41-52H,1,3,17-36H2,2,4-16H3/t41-,42-,43+,44+,45-,46-,47+,48+,49-,50-,51+,52+,57-,58-,59+,60+,61+,62+,63-,64-/m0/s1. The highest BCUT2D eigenvalue weighted by molar-refractivity contribution is 5.92. The molecule has 0 unspecified atom stereocenters. The lowest BCUT2D eigenvalue weighted by atomic mass is 9.32. The first-order valence-corrected chi connectivity index (χ1v) is 29.4. The van der Waals surface area contributed by atoms with Crippen LogP contribution in [0.4, 0.5) is 0 Å². The minimum atomic E-state index is -0.679. The highest BCUT2D eigenvalue weighted by Gasteiger charge is 2.75. The quantitative estimate of drug-likeness (QED) is 0.113. The van der Waals surface area contributed by atoms with Crippen molar-refractivity contribution in [2.75, 3.05) is 0 Å². The van der Waals surface area contributed by atoms with Crippen LogP contribution in [0.1, 0.15) is 225 Å². The molecule has 0 aromatic heterocycles. The summed E-state index contributed by atoms with van der Waals surface area (Å²) < 4.78 is 18.9. The van der Waals surface area contributed by atoms with Gasteiger partial charge in [-0.25, -0.2) is 0 Å². The zero-order valence-electron chi connectivity index (χ0n) is 47.3. The third-order valence-corrected chi connectivity index (χ3v) is 27.6. The SMILES string of the molecule is C=C(C)[C@@H]1CC[C@]2(C(=O)OC(=O)[C@]34CC[C@@H](C(=C)C)[C@@H]3[C@H]3CC[C@@H]5[C@@]6(C)CC[C@H](OC(C)=O)C(C)(C)[C@@H]6CC[C@@]5(C)[C@]3(C)CC4)CC[C@]3(C)[C@H](CC[C@@H]4[C@@]5(C)CC[C@H](OC(C)=O)C(C)(C)[C@@H]5CC[C@]43C)[C@@H]12. The molecule has 0 heterocycles. The Bertz CT molecular complexity index is 2100. The van der Waals surface area contributed by atoms with Crippen LogP contribution in [0.3, 0.4) is 0 Å². The molecular weight excluding hydrogens is 881 g/mol. The minimum absolute atomic E-state index is 0.0393. The molecule has 10 aliphatic carbocycles. The molecule has 10 saturated carbocycles. The van der Waals surface area contributed by atoms with Crippen LogP contribution in [0.5, 0.6) is 0 Å². The summed E-state index contributed by atoms with van der Waals surface area (Å²) in [6, 6.07) is 0. The Balaban J connectivity index is 0.925. The van der Waals surface area contributed by atoms with Gasteiger partial charge in [0.1, 0.15) is 12.2 Å². The normalized spacial score (nSPS) is 52.0. The summed E-state index contributed by atoms with van der Waals surface area (Å²) in [7, 11) is 0. The Labute approximate surface area is 430 Å². The number of ether oxygens (including phenoxy) is 3. The van der Waals surface area contributed by atoms with Gasteiger partial charge in [0.15, 0.2) is 0 Å². The van der Waals surface area contributed by atoms with Crippen molar-refractivity contribution in [2.45, 2.75) is 238 Å². The van der Waals surface area contributed by atoms with E-state index in [1.54, 1.807) is 13.8 Å². The predicted octanol–water partition coefficient (Wildman–Crippen LogP) is 15.2. The molecule has 71 heavy (non-hydrogen) atoms. The molecule has 0 aromatic carbocycles. The van der Waals surface area contributed by atoms with Gasteiger partial charge in [0.05, 0.1) is 10.8 Å². The zero-order valence-corrected chi connectivity index (χ0v) is 47.3. The lowest BCUT2D eigenvalue weighted by molar-refractivity contribution is -0.253. The molecule has 10 fully saturated rings. The second-order valence-corrected chi connectivity index (χ2v) is 30.3. The molecule has 7 heteroatoms. The van der Waals surface area contributed by atoms with Crippen molar-refractivity contribution in [3.8, 4) is 0 Å². The number of carbonyl (C=O) groups is 4. The third-order valence-electron chi connectivity index (χ3n) is 27.6. The van der Waals surface area contributed by atoms with Crippen LogP contribution in [0, 0.1) is 113 Å². The highest BCUT2D eigenvalue weighted by atomic mass is 16.6. The van der Waals surface area contributed by atoms with E-state index in [2.05, 4.69) is 96.2 Å². The Hall–Kier alpha value is -2.44. The van der Waals surface area contributed by atoms with Crippen molar-refractivity contribution >= 4 is 23.9 Å². The van der Waals surface area contributed by atoms with Gasteiger partial charge in [0, 0.05) is 24.7 Å². The van der Waals surface area contributed by atoms with Gasteiger partial charge in [-0.2, -0.15) is 0 Å². The van der Waals surface area contributed by atoms with Gasteiger partial charge >= 0.3 is 23.9 Å². The highest BCUT2D eigenvalue weighted by Crippen LogP contribution is 2.80. The molecule has 0 amide bonds. The Morgan fingerprint density at radius 1 is 0.394 bits per heavy atom. The van der Waals surface area contributed by atoms with E-state index in [0.717, 1.165) is 128 Å². The summed E-state index contributed by atoms with van der Waals surface area (Å²) in [6.45, 7) is 42.0. The van der Waals surface area contributed by atoms with E-state index in [0.29, 0.717) is 35.5 Å².